The van der Waals surface area contributed by atoms with Gasteiger partial charge < -0.3 is 10.0 Å². The summed E-state index contributed by atoms with van der Waals surface area (Å²) in [4.78, 5) is 42.9. The van der Waals surface area contributed by atoms with Crippen LogP contribution >= 0.6 is 11.3 Å². The number of carboxylic acid groups (broad SMARTS) is 1. The van der Waals surface area contributed by atoms with Crippen LogP contribution in [0.4, 0.5) is 11.4 Å². The molecule has 10 rings (SSSR count). The van der Waals surface area contributed by atoms with Crippen LogP contribution < -0.4 is 4.90 Å². The molecule has 0 spiro atoms. The molecule has 5 aromatic carbocycles. The van der Waals surface area contributed by atoms with Gasteiger partial charge in [0.05, 0.1) is 16.8 Å². The lowest BCUT2D eigenvalue weighted by atomic mass is 9.82. The van der Waals surface area contributed by atoms with Gasteiger partial charge >= 0.3 is 5.97 Å². The molecule has 6 heteroatoms. The van der Waals surface area contributed by atoms with Crippen molar-refractivity contribution in [3.63, 3.8) is 0 Å². The van der Waals surface area contributed by atoms with E-state index >= 15 is 0 Å². The van der Waals surface area contributed by atoms with E-state index in [1.165, 1.54) is 80.1 Å². The van der Waals surface area contributed by atoms with Crippen LogP contribution in [0.5, 0.6) is 0 Å². The SMILES string of the molecule is Cc1cc(-c2cc3c(c4ccccc24)N(c2ccc4c(c2)-c2ccccc2C4(C)C)C2CCCC32)sc1/C=C1\C(=O)c2ccc(C(=O)O)cc2C1=O. The first-order valence-corrected chi connectivity index (χ1v) is 18.8. The molecule has 1 fully saturated rings. The van der Waals surface area contributed by atoms with Gasteiger partial charge in [0.2, 0.25) is 0 Å². The highest BCUT2D eigenvalue weighted by Crippen LogP contribution is 2.58. The predicted molar refractivity (Wildman–Crippen MR) is 209 cm³/mol. The number of allylic oxidation sites excluding steroid dienone is 1. The van der Waals surface area contributed by atoms with Gasteiger partial charge in [0.1, 0.15) is 0 Å². The Bertz CT molecular complexity index is 2640. The molecular formula is C46H35NO4S. The number of benzene rings is 5. The molecule has 2 heterocycles. The smallest absolute Gasteiger partial charge is 0.335 e. The number of aryl methyl sites for hydroxylation is 1. The molecule has 5 nitrogen and oxygen atoms in total. The van der Waals surface area contributed by atoms with E-state index in [2.05, 4.69) is 97.6 Å². The van der Waals surface area contributed by atoms with Crippen LogP contribution in [0.25, 0.3) is 38.4 Å². The Labute approximate surface area is 305 Å². The number of Topliss-reactive ketones (excluding diaryl/α,β-unsaturated/α-hetero) is 2. The third-order valence-corrected chi connectivity index (χ3v) is 13.3. The number of carbonyl (C=O) groups is 3. The fraction of sp³-hybridized carbons (Fsp3) is 0.196. The van der Waals surface area contributed by atoms with Crippen molar-refractivity contribution in [2.24, 2.45) is 0 Å². The third-order valence-electron chi connectivity index (χ3n) is 12.1. The van der Waals surface area contributed by atoms with E-state index in [0.29, 0.717) is 12.0 Å². The van der Waals surface area contributed by atoms with Crippen molar-refractivity contribution in [1.82, 2.24) is 0 Å². The van der Waals surface area contributed by atoms with Crippen LogP contribution in [0.3, 0.4) is 0 Å². The molecule has 1 N–H and O–H groups in total. The van der Waals surface area contributed by atoms with Crippen LogP contribution in [-0.2, 0) is 5.41 Å². The Morgan fingerprint density at radius 1 is 0.788 bits per heavy atom. The molecule has 0 radical (unpaired) electrons. The highest BCUT2D eigenvalue weighted by atomic mass is 32.1. The summed E-state index contributed by atoms with van der Waals surface area (Å²) in [5.41, 5.74) is 12.0. The van der Waals surface area contributed by atoms with Crippen LogP contribution in [-0.4, -0.2) is 28.7 Å². The number of hydrogen-bond acceptors (Lipinski definition) is 5. The molecule has 3 aliphatic carbocycles. The molecule has 0 saturated heterocycles. The maximum Gasteiger partial charge on any atom is 0.335 e. The third kappa shape index (κ3) is 4.24. The zero-order chi connectivity index (χ0) is 35.6. The molecule has 1 aromatic heterocycles. The highest BCUT2D eigenvalue weighted by molar-refractivity contribution is 7.16. The van der Waals surface area contributed by atoms with Crippen LogP contribution in [0.1, 0.15) is 97.2 Å². The standard InChI is InChI=1S/C46H35NO4S/c1-24-19-41(52-40(24)23-36-43(48)31-17-15-25(45(50)51)20-35(31)44(36)49)33-22-34-29-12-8-14-39(29)47(42(34)30-11-5-4-9-27(30)33)26-16-18-38-32(21-26)28-10-6-7-13-37(28)46(38,2)3/h4-7,9-11,13,15-23,29,39H,8,12,14H2,1-3H3,(H,50,51)/b36-23+. The fourth-order valence-corrected chi connectivity index (χ4v) is 10.7. The number of aromatic carboxylic acids is 1. The summed E-state index contributed by atoms with van der Waals surface area (Å²) >= 11 is 1.59. The summed E-state index contributed by atoms with van der Waals surface area (Å²) in [7, 11) is 0. The topological polar surface area (TPSA) is 74.7 Å². The number of thiophene rings is 1. The van der Waals surface area contributed by atoms with Gasteiger partial charge in [-0.15, -0.1) is 11.3 Å². The van der Waals surface area contributed by atoms with Crippen molar-refractivity contribution in [3.8, 4) is 21.6 Å². The number of hydrogen-bond donors (Lipinski definition) is 1. The zero-order valence-electron chi connectivity index (χ0n) is 29.1. The number of carboxylic acids is 1. The summed E-state index contributed by atoms with van der Waals surface area (Å²) in [6.07, 6.45) is 5.20. The Morgan fingerprint density at radius 2 is 1.54 bits per heavy atom. The van der Waals surface area contributed by atoms with Crippen molar-refractivity contribution < 1.29 is 19.5 Å². The average Bonchev–Trinajstić information content (AvgIpc) is 3.94. The van der Waals surface area contributed by atoms with E-state index in [1.54, 1.807) is 17.4 Å². The normalized spacial score (nSPS) is 20.0. The molecule has 0 amide bonds. The van der Waals surface area contributed by atoms with E-state index in [-0.39, 0.29) is 33.5 Å². The molecule has 0 bridgehead atoms. The largest absolute Gasteiger partial charge is 0.478 e. The Balaban J connectivity index is 1.09. The fourth-order valence-electron chi connectivity index (χ4n) is 9.58. The minimum absolute atomic E-state index is 0.00671. The van der Waals surface area contributed by atoms with Crippen LogP contribution in [0.2, 0.25) is 0 Å². The predicted octanol–water partition coefficient (Wildman–Crippen LogP) is 11.1. The van der Waals surface area contributed by atoms with Crippen molar-refractivity contribution >= 4 is 57.1 Å². The average molecular weight is 698 g/mol. The van der Waals surface area contributed by atoms with Gasteiger partial charge in [-0.2, -0.15) is 0 Å². The molecular weight excluding hydrogens is 663 g/mol. The van der Waals surface area contributed by atoms with Crippen LogP contribution in [0.15, 0.2) is 103 Å². The number of rotatable bonds is 4. The number of fused-ring (bicyclic) bond motifs is 9. The van der Waals surface area contributed by atoms with Crippen molar-refractivity contribution in [2.75, 3.05) is 4.90 Å². The Morgan fingerprint density at radius 3 is 2.37 bits per heavy atom. The lowest BCUT2D eigenvalue weighted by molar-refractivity contribution is 0.0696. The van der Waals surface area contributed by atoms with E-state index in [0.717, 1.165) is 28.2 Å². The van der Waals surface area contributed by atoms with E-state index in [4.69, 9.17) is 0 Å². The quantitative estimate of drug-likeness (QED) is 0.147. The first-order valence-electron chi connectivity index (χ1n) is 18.0. The first kappa shape index (κ1) is 31.2. The van der Waals surface area contributed by atoms with E-state index < -0.39 is 11.8 Å². The van der Waals surface area contributed by atoms with Crippen molar-refractivity contribution in [2.45, 2.75) is 57.4 Å². The van der Waals surface area contributed by atoms with Gasteiger partial charge in [-0.1, -0.05) is 74.9 Å². The highest BCUT2D eigenvalue weighted by Gasteiger charge is 2.44. The molecule has 4 aliphatic rings. The maximum atomic E-state index is 13.4. The van der Waals surface area contributed by atoms with Gasteiger partial charge in [-0.3, -0.25) is 9.59 Å². The molecule has 1 aliphatic heterocycles. The molecule has 6 aromatic rings. The molecule has 254 valence electrons. The Hall–Kier alpha value is -5.59. The summed E-state index contributed by atoms with van der Waals surface area (Å²) in [6, 6.07) is 33.8. The van der Waals surface area contributed by atoms with Gasteiger partial charge in [0.15, 0.2) is 11.6 Å². The maximum absolute atomic E-state index is 13.4. The van der Waals surface area contributed by atoms with Crippen molar-refractivity contribution in [3.05, 3.63) is 146 Å². The molecule has 52 heavy (non-hydrogen) atoms. The first-order chi connectivity index (χ1) is 25.1. The summed E-state index contributed by atoms with van der Waals surface area (Å²) in [5.74, 6) is -1.48. The lowest BCUT2D eigenvalue weighted by Gasteiger charge is -2.29. The second-order valence-electron chi connectivity index (χ2n) is 15.2. The zero-order valence-corrected chi connectivity index (χ0v) is 29.9. The number of carbonyl (C=O) groups excluding carboxylic acids is 2. The van der Waals surface area contributed by atoms with Gasteiger partial charge in [0, 0.05) is 49.3 Å². The second-order valence-corrected chi connectivity index (χ2v) is 16.3. The van der Waals surface area contributed by atoms with E-state index in [9.17, 15) is 19.5 Å². The molecule has 2 unspecified atom stereocenters. The second kappa shape index (κ2) is 11.0. The summed E-state index contributed by atoms with van der Waals surface area (Å²) in [6.45, 7) is 6.68. The van der Waals surface area contributed by atoms with Gasteiger partial charge in [-0.25, -0.2) is 4.79 Å². The number of nitrogens with zero attached hydrogens (tertiary/aromatic N) is 1. The molecule has 1 saturated carbocycles. The molecule has 2 atom stereocenters. The van der Waals surface area contributed by atoms with Gasteiger partial charge in [-0.05, 0) is 113 Å². The minimum Gasteiger partial charge on any atom is -0.478 e. The Kier molecular flexibility index (Phi) is 6.57. The van der Waals surface area contributed by atoms with Crippen molar-refractivity contribution in [1.29, 1.82) is 0 Å². The monoisotopic (exact) mass is 697 g/mol. The number of anilines is 2. The summed E-state index contributed by atoms with van der Waals surface area (Å²) in [5, 5.41) is 11.9. The summed E-state index contributed by atoms with van der Waals surface area (Å²) < 4.78 is 0. The van der Waals surface area contributed by atoms with Crippen LogP contribution in [0, 0.1) is 6.92 Å². The van der Waals surface area contributed by atoms with Gasteiger partial charge in [0.25, 0.3) is 0 Å². The van der Waals surface area contributed by atoms with E-state index in [1.807, 2.05) is 6.92 Å². The lowest BCUT2D eigenvalue weighted by Crippen LogP contribution is -2.26. The number of ketones is 2. The minimum atomic E-state index is -1.13.